The molecule has 0 spiro atoms. The van der Waals surface area contributed by atoms with E-state index in [0.29, 0.717) is 11.4 Å². The van der Waals surface area contributed by atoms with Crippen molar-refractivity contribution in [3.63, 3.8) is 0 Å². The Kier molecular flexibility index (Phi) is 3.69. The number of nitrogens with zero attached hydrogens (tertiary/aromatic N) is 4. The van der Waals surface area contributed by atoms with Crippen LogP contribution in [0.1, 0.15) is 10.7 Å². The van der Waals surface area contributed by atoms with Gasteiger partial charge in [-0.05, 0) is 24.3 Å². The number of halogens is 1. The van der Waals surface area contributed by atoms with Crippen molar-refractivity contribution in [1.29, 1.82) is 0 Å². The van der Waals surface area contributed by atoms with Gasteiger partial charge in [-0.15, -0.1) is 0 Å². The number of benzene rings is 1. The smallest absolute Gasteiger partial charge is 0.316 e. The molecule has 0 aliphatic rings. The molecule has 2 heterocycles. The average molecular weight is 346 g/mol. The second-order valence-corrected chi connectivity index (χ2v) is 4.89. The van der Waals surface area contributed by atoms with E-state index in [0.717, 1.165) is 4.47 Å². The van der Waals surface area contributed by atoms with Gasteiger partial charge in [0.1, 0.15) is 5.69 Å². The zero-order chi connectivity index (χ0) is 14.7. The van der Waals surface area contributed by atoms with Crippen LogP contribution in [0.4, 0.5) is 5.69 Å². The highest BCUT2D eigenvalue weighted by atomic mass is 79.9. The molecule has 1 amide bonds. The zero-order valence-electron chi connectivity index (χ0n) is 10.5. The Morgan fingerprint density at radius 3 is 2.71 bits per heavy atom. The maximum Gasteiger partial charge on any atom is 0.316 e. The summed E-state index contributed by atoms with van der Waals surface area (Å²) in [7, 11) is 0. The van der Waals surface area contributed by atoms with Crippen LogP contribution in [0.25, 0.3) is 11.5 Å². The number of hydrogen-bond acceptors (Lipinski definition) is 6. The number of nitrogens with one attached hydrogen (secondary N) is 1. The third kappa shape index (κ3) is 3.11. The topological polar surface area (TPSA) is 93.8 Å². The van der Waals surface area contributed by atoms with E-state index in [9.17, 15) is 4.79 Å². The number of aromatic nitrogens is 4. The monoisotopic (exact) mass is 345 g/mol. The summed E-state index contributed by atoms with van der Waals surface area (Å²) in [6.07, 6.45) is 4.53. The molecular weight excluding hydrogens is 338 g/mol. The molecule has 1 aromatic carbocycles. The van der Waals surface area contributed by atoms with E-state index in [4.69, 9.17) is 4.52 Å². The molecule has 3 aromatic rings. The van der Waals surface area contributed by atoms with Crippen molar-refractivity contribution in [1.82, 2.24) is 20.1 Å². The Bertz CT molecular complexity index is 758. The minimum absolute atomic E-state index is 0.140. The molecule has 0 saturated heterocycles. The van der Waals surface area contributed by atoms with Crippen LogP contribution in [0.2, 0.25) is 0 Å². The Labute approximate surface area is 127 Å². The van der Waals surface area contributed by atoms with E-state index in [1.807, 2.05) is 12.1 Å². The average Bonchev–Trinajstić information content (AvgIpc) is 3.00. The largest absolute Gasteiger partial charge is 0.328 e. The van der Waals surface area contributed by atoms with Crippen LogP contribution in [0, 0.1) is 0 Å². The number of hydrogen-bond donors (Lipinski definition) is 1. The van der Waals surface area contributed by atoms with E-state index in [-0.39, 0.29) is 11.7 Å². The van der Waals surface area contributed by atoms with E-state index >= 15 is 0 Å². The summed E-state index contributed by atoms with van der Waals surface area (Å²) in [4.78, 5) is 23.9. The first-order valence-corrected chi connectivity index (χ1v) is 6.69. The number of amides is 1. The van der Waals surface area contributed by atoms with Crippen LogP contribution in [0.15, 0.2) is 51.9 Å². The van der Waals surface area contributed by atoms with Crippen LogP contribution in [0.5, 0.6) is 0 Å². The predicted octanol–water partition coefficient (Wildman–Crippen LogP) is 2.54. The third-order valence-corrected chi connectivity index (χ3v) is 3.04. The summed E-state index contributed by atoms with van der Waals surface area (Å²) in [6.45, 7) is 0. The van der Waals surface area contributed by atoms with Crippen molar-refractivity contribution in [3.05, 3.63) is 53.2 Å². The van der Waals surface area contributed by atoms with Gasteiger partial charge in [-0.25, -0.2) is 4.98 Å². The third-order valence-electron chi connectivity index (χ3n) is 2.51. The Morgan fingerprint density at radius 1 is 1.19 bits per heavy atom. The van der Waals surface area contributed by atoms with Gasteiger partial charge in [-0.1, -0.05) is 21.1 Å². The summed E-state index contributed by atoms with van der Waals surface area (Å²) >= 11 is 3.32. The van der Waals surface area contributed by atoms with Crippen molar-refractivity contribution in [3.8, 4) is 11.5 Å². The molecule has 0 radical (unpaired) electrons. The molecule has 0 atom stereocenters. The minimum Gasteiger partial charge on any atom is -0.328 e. The fraction of sp³-hybridized carbons (Fsp3) is 0. The maximum absolute atomic E-state index is 12.0. The molecule has 3 rings (SSSR count). The van der Waals surface area contributed by atoms with Crippen LogP contribution in [0.3, 0.4) is 0 Å². The molecule has 0 aliphatic carbocycles. The Morgan fingerprint density at radius 2 is 2.00 bits per heavy atom. The van der Waals surface area contributed by atoms with Gasteiger partial charge >= 0.3 is 11.8 Å². The summed E-state index contributed by atoms with van der Waals surface area (Å²) in [5, 5.41) is 6.36. The summed E-state index contributed by atoms with van der Waals surface area (Å²) < 4.78 is 5.85. The quantitative estimate of drug-likeness (QED) is 0.783. The standard InChI is InChI=1S/C13H8BrN5O2/c14-8-1-3-9(4-2-8)17-12(20)13-18-11(19-21-13)10-7-15-5-6-16-10/h1-7H,(H,17,20). The number of anilines is 1. The van der Waals surface area contributed by atoms with Gasteiger partial charge in [-0.3, -0.25) is 9.78 Å². The summed E-state index contributed by atoms with van der Waals surface area (Å²) in [5.41, 5.74) is 1.06. The highest BCUT2D eigenvalue weighted by Gasteiger charge is 2.16. The molecule has 1 N–H and O–H groups in total. The van der Waals surface area contributed by atoms with Crippen molar-refractivity contribution in [2.24, 2.45) is 0 Å². The van der Waals surface area contributed by atoms with Crippen molar-refractivity contribution in [2.75, 3.05) is 5.32 Å². The Balaban J connectivity index is 1.77. The molecular formula is C13H8BrN5O2. The molecule has 0 saturated carbocycles. The summed E-state index contributed by atoms with van der Waals surface area (Å²) in [5.74, 6) is -0.414. The Hall–Kier alpha value is -2.61. The molecule has 0 unspecified atom stereocenters. The highest BCUT2D eigenvalue weighted by molar-refractivity contribution is 9.10. The second kappa shape index (κ2) is 5.80. The predicted molar refractivity (Wildman–Crippen MR) is 77.4 cm³/mol. The first-order valence-electron chi connectivity index (χ1n) is 5.89. The van der Waals surface area contributed by atoms with Crippen LogP contribution < -0.4 is 5.32 Å². The first kappa shape index (κ1) is 13.4. The number of rotatable bonds is 3. The number of carbonyl (C=O) groups excluding carboxylic acids is 1. The van der Waals surface area contributed by atoms with Gasteiger partial charge in [0.25, 0.3) is 0 Å². The molecule has 8 heteroatoms. The fourth-order valence-corrected chi connectivity index (χ4v) is 1.82. The van der Waals surface area contributed by atoms with Gasteiger partial charge in [0, 0.05) is 22.6 Å². The SMILES string of the molecule is O=C(Nc1ccc(Br)cc1)c1nc(-c2cnccn2)no1. The fourth-order valence-electron chi connectivity index (χ4n) is 1.55. The molecule has 0 fully saturated rings. The molecule has 7 nitrogen and oxygen atoms in total. The van der Waals surface area contributed by atoms with Crippen LogP contribution in [-0.2, 0) is 0 Å². The van der Waals surface area contributed by atoms with Crippen LogP contribution in [-0.4, -0.2) is 26.0 Å². The van der Waals surface area contributed by atoms with Gasteiger partial charge in [0.05, 0.1) is 6.20 Å². The van der Waals surface area contributed by atoms with E-state index in [2.05, 4.69) is 41.4 Å². The second-order valence-electron chi connectivity index (χ2n) is 3.97. The highest BCUT2D eigenvalue weighted by Crippen LogP contribution is 2.16. The van der Waals surface area contributed by atoms with E-state index < -0.39 is 5.91 Å². The van der Waals surface area contributed by atoms with Crippen molar-refractivity contribution < 1.29 is 9.32 Å². The lowest BCUT2D eigenvalue weighted by Crippen LogP contribution is -2.12. The summed E-state index contributed by atoms with van der Waals surface area (Å²) in [6, 6.07) is 7.13. The van der Waals surface area contributed by atoms with E-state index in [1.165, 1.54) is 18.6 Å². The van der Waals surface area contributed by atoms with E-state index in [1.54, 1.807) is 12.1 Å². The van der Waals surface area contributed by atoms with Gasteiger partial charge in [0.15, 0.2) is 0 Å². The number of carbonyl (C=O) groups is 1. The normalized spacial score (nSPS) is 10.3. The lowest BCUT2D eigenvalue weighted by molar-refractivity contribution is 0.0981. The lowest BCUT2D eigenvalue weighted by Gasteiger charge is -2.01. The van der Waals surface area contributed by atoms with Crippen LogP contribution >= 0.6 is 15.9 Å². The molecule has 0 bridgehead atoms. The minimum atomic E-state index is -0.486. The van der Waals surface area contributed by atoms with Crippen molar-refractivity contribution in [2.45, 2.75) is 0 Å². The maximum atomic E-state index is 12.0. The first-order chi connectivity index (χ1) is 10.2. The molecule has 2 aromatic heterocycles. The molecule has 21 heavy (non-hydrogen) atoms. The lowest BCUT2D eigenvalue weighted by atomic mass is 10.3. The molecule has 104 valence electrons. The van der Waals surface area contributed by atoms with Crippen molar-refractivity contribution >= 4 is 27.5 Å². The van der Waals surface area contributed by atoms with Gasteiger partial charge in [-0.2, -0.15) is 4.98 Å². The zero-order valence-corrected chi connectivity index (χ0v) is 12.1. The van der Waals surface area contributed by atoms with Gasteiger partial charge < -0.3 is 9.84 Å². The molecule has 0 aliphatic heterocycles. The van der Waals surface area contributed by atoms with Gasteiger partial charge in [0.2, 0.25) is 5.82 Å².